The van der Waals surface area contributed by atoms with Gasteiger partial charge in [-0.15, -0.1) is 0 Å². The van der Waals surface area contributed by atoms with Crippen molar-refractivity contribution in [3.63, 3.8) is 0 Å². The number of hydrogen-bond donors (Lipinski definition) is 0. The minimum atomic E-state index is -0.855. The van der Waals surface area contributed by atoms with E-state index in [2.05, 4.69) is 20.9 Å². The standard InChI is InChI=1S/C27H19BrFN3O6S/c1-3-37-26(34)23-14(2)30-27-31(24(23)15-4-6-16(29)7-5-15)25(33)22(39-27)13-18-9-11-21(38-18)19-10-8-17(32(35)36)12-20(19)28/h4-13,24H,3H2,1-2H3/b22-13-/t24-/m0/s1. The summed E-state index contributed by atoms with van der Waals surface area (Å²) in [6, 6.07) is 12.4. The fourth-order valence-electron chi connectivity index (χ4n) is 4.27. The molecule has 4 aromatic rings. The molecule has 2 aromatic heterocycles. The van der Waals surface area contributed by atoms with Gasteiger partial charge < -0.3 is 9.15 Å². The number of nitro benzene ring substituents is 1. The van der Waals surface area contributed by atoms with Gasteiger partial charge in [0.15, 0.2) is 4.80 Å². The minimum absolute atomic E-state index is 0.0632. The van der Waals surface area contributed by atoms with E-state index in [0.29, 0.717) is 42.2 Å². The number of allylic oxidation sites excluding steroid dienone is 1. The molecule has 198 valence electrons. The number of rotatable bonds is 6. The van der Waals surface area contributed by atoms with Crippen molar-refractivity contribution in [1.29, 1.82) is 0 Å². The van der Waals surface area contributed by atoms with Crippen molar-refractivity contribution in [2.45, 2.75) is 19.9 Å². The number of carbonyl (C=O) groups is 1. The quantitative estimate of drug-likeness (QED) is 0.174. The Morgan fingerprint density at radius 2 is 2.00 bits per heavy atom. The van der Waals surface area contributed by atoms with E-state index in [9.17, 15) is 24.1 Å². The van der Waals surface area contributed by atoms with Gasteiger partial charge in [0.25, 0.3) is 11.2 Å². The minimum Gasteiger partial charge on any atom is -0.463 e. The van der Waals surface area contributed by atoms with E-state index in [4.69, 9.17) is 9.15 Å². The van der Waals surface area contributed by atoms with Crippen LogP contribution in [0.3, 0.4) is 0 Å². The first-order valence-corrected chi connectivity index (χ1v) is 13.3. The zero-order chi connectivity index (χ0) is 27.8. The van der Waals surface area contributed by atoms with Crippen molar-refractivity contribution in [2.24, 2.45) is 4.99 Å². The Bertz CT molecular complexity index is 1840. The van der Waals surface area contributed by atoms with Crippen molar-refractivity contribution in [3.05, 3.63) is 117 Å². The van der Waals surface area contributed by atoms with E-state index in [0.717, 1.165) is 11.3 Å². The molecular weight excluding hydrogens is 593 g/mol. The van der Waals surface area contributed by atoms with Crippen LogP contribution >= 0.6 is 27.3 Å². The molecule has 1 aliphatic rings. The maximum Gasteiger partial charge on any atom is 0.338 e. The molecule has 12 heteroatoms. The summed E-state index contributed by atoms with van der Waals surface area (Å²) in [5, 5.41) is 11.0. The Morgan fingerprint density at radius 3 is 2.67 bits per heavy atom. The van der Waals surface area contributed by atoms with E-state index in [1.807, 2.05) is 0 Å². The molecule has 0 aliphatic carbocycles. The SMILES string of the molecule is CCOC(=O)C1=C(C)N=c2s/c(=C\c3ccc(-c4ccc([N+](=O)[O-])cc4Br)o3)c(=O)n2[C@H]1c1ccc(F)cc1. The number of furan rings is 1. The maximum atomic E-state index is 13.7. The number of nitro groups is 1. The first-order chi connectivity index (χ1) is 18.7. The van der Waals surface area contributed by atoms with E-state index >= 15 is 0 Å². The third-order valence-electron chi connectivity index (χ3n) is 6.03. The van der Waals surface area contributed by atoms with Gasteiger partial charge in [0.1, 0.15) is 17.3 Å². The molecule has 3 heterocycles. The van der Waals surface area contributed by atoms with Crippen LogP contribution in [0.5, 0.6) is 0 Å². The number of non-ortho nitro benzene ring substituents is 1. The third kappa shape index (κ3) is 5.00. The number of aromatic nitrogens is 1. The van der Waals surface area contributed by atoms with Crippen molar-refractivity contribution >= 4 is 45.0 Å². The molecule has 5 rings (SSSR count). The Kier molecular flexibility index (Phi) is 7.15. The summed E-state index contributed by atoms with van der Waals surface area (Å²) >= 11 is 4.47. The molecule has 0 radical (unpaired) electrons. The number of hydrogen-bond acceptors (Lipinski definition) is 8. The van der Waals surface area contributed by atoms with Crippen molar-refractivity contribution in [2.75, 3.05) is 6.61 Å². The summed E-state index contributed by atoms with van der Waals surface area (Å²) in [7, 11) is 0. The predicted octanol–water partition coefficient (Wildman–Crippen LogP) is 4.87. The van der Waals surface area contributed by atoms with Gasteiger partial charge in [-0.1, -0.05) is 23.5 Å². The topological polar surface area (TPSA) is 117 Å². The molecular formula is C27H19BrFN3O6S. The molecule has 1 aliphatic heterocycles. The van der Waals surface area contributed by atoms with Crippen molar-refractivity contribution in [3.8, 4) is 11.3 Å². The van der Waals surface area contributed by atoms with Crippen LogP contribution in [-0.2, 0) is 9.53 Å². The highest BCUT2D eigenvalue weighted by Gasteiger charge is 2.33. The molecule has 9 nitrogen and oxygen atoms in total. The van der Waals surface area contributed by atoms with E-state index in [1.54, 1.807) is 38.1 Å². The van der Waals surface area contributed by atoms with Crippen LogP contribution in [0, 0.1) is 15.9 Å². The lowest BCUT2D eigenvalue weighted by Crippen LogP contribution is -2.39. The molecule has 39 heavy (non-hydrogen) atoms. The smallest absolute Gasteiger partial charge is 0.338 e. The zero-order valence-electron chi connectivity index (χ0n) is 20.5. The molecule has 0 saturated carbocycles. The Balaban J connectivity index is 1.60. The summed E-state index contributed by atoms with van der Waals surface area (Å²) < 4.78 is 27.1. The predicted molar refractivity (Wildman–Crippen MR) is 145 cm³/mol. The van der Waals surface area contributed by atoms with E-state index < -0.39 is 28.3 Å². The van der Waals surface area contributed by atoms with Crippen LogP contribution in [0.15, 0.2) is 84.5 Å². The monoisotopic (exact) mass is 611 g/mol. The number of ether oxygens (including phenoxy) is 1. The number of nitrogens with zero attached hydrogens (tertiary/aromatic N) is 3. The Hall–Kier alpha value is -4.16. The maximum absolute atomic E-state index is 13.7. The molecule has 2 aromatic carbocycles. The average molecular weight is 612 g/mol. The van der Waals surface area contributed by atoms with Gasteiger partial charge in [-0.05, 0) is 65.7 Å². The molecule has 0 N–H and O–H groups in total. The largest absolute Gasteiger partial charge is 0.463 e. The fraction of sp³-hybridized carbons (Fsp3) is 0.148. The van der Waals surface area contributed by atoms with Crippen LogP contribution in [0.1, 0.15) is 31.2 Å². The second-order valence-electron chi connectivity index (χ2n) is 8.48. The van der Waals surface area contributed by atoms with Crippen LogP contribution in [0.2, 0.25) is 0 Å². The summed E-state index contributed by atoms with van der Waals surface area (Å²) in [5.41, 5.74) is 1.27. The third-order valence-corrected chi connectivity index (χ3v) is 7.67. The van der Waals surface area contributed by atoms with Gasteiger partial charge in [-0.3, -0.25) is 19.5 Å². The van der Waals surface area contributed by atoms with E-state index in [1.165, 1.54) is 41.0 Å². The van der Waals surface area contributed by atoms with Gasteiger partial charge in [0.05, 0.1) is 33.4 Å². The number of thiazole rings is 1. The molecule has 0 bridgehead atoms. The lowest BCUT2D eigenvalue weighted by molar-refractivity contribution is -0.384. The van der Waals surface area contributed by atoms with Crippen LogP contribution in [0.4, 0.5) is 10.1 Å². The molecule has 0 saturated heterocycles. The highest BCUT2D eigenvalue weighted by molar-refractivity contribution is 9.10. The number of esters is 1. The summed E-state index contributed by atoms with van der Waals surface area (Å²) in [6.45, 7) is 3.49. The zero-order valence-corrected chi connectivity index (χ0v) is 22.9. The Morgan fingerprint density at radius 1 is 1.26 bits per heavy atom. The van der Waals surface area contributed by atoms with Gasteiger partial charge in [0, 0.05) is 28.2 Å². The highest BCUT2D eigenvalue weighted by Crippen LogP contribution is 2.33. The lowest BCUT2D eigenvalue weighted by Gasteiger charge is -2.24. The lowest BCUT2D eigenvalue weighted by atomic mass is 9.96. The Labute approximate surface area is 232 Å². The molecule has 1 atom stereocenters. The number of carbonyl (C=O) groups excluding carboxylic acids is 1. The highest BCUT2D eigenvalue weighted by atomic mass is 79.9. The van der Waals surface area contributed by atoms with Gasteiger partial charge >= 0.3 is 5.97 Å². The first-order valence-electron chi connectivity index (χ1n) is 11.7. The molecule has 0 fully saturated rings. The second-order valence-corrected chi connectivity index (χ2v) is 10.3. The van der Waals surface area contributed by atoms with Crippen LogP contribution in [-0.4, -0.2) is 22.1 Å². The normalized spacial score (nSPS) is 15.2. The number of benzene rings is 2. The van der Waals surface area contributed by atoms with E-state index in [-0.39, 0.29) is 17.9 Å². The van der Waals surface area contributed by atoms with Gasteiger partial charge in [0.2, 0.25) is 0 Å². The van der Waals surface area contributed by atoms with Crippen molar-refractivity contribution < 1.29 is 23.3 Å². The molecule has 0 spiro atoms. The fourth-order valence-corrected chi connectivity index (χ4v) is 5.86. The molecule has 0 unspecified atom stereocenters. The van der Waals surface area contributed by atoms with Crippen LogP contribution in [0.25, 0.3) is 17.4 Å². The van der Waals surface area contributed by atoms with Crippen molar-refractivity contribution in [1.82, 2.24) is 4.57 Å². The number of halogens is 2. The summed E-state index contributed by atoms with van der Waals surface area (Å²) in [4.78, 5) is 42.0. The molecule has 0 amide bonds. The number of fused-ring (bicyclic) bond motifs is 1. The average Bonchev–Trinajstić information content (AvgIpc) is 3.48. The van der Waals surface area contributed by atoms with Crippen LogP contribution < -0.4 is 14.9 Å². The summed E-state index contributed by atoms with van der Waals surface area (Å²) in [5.74, 6) is -0.231. The second kappa shape index (κ2) is 10.5. The summed E-state index contributed by atoms with van der Waals surface area (Å²) in [6.07, 6.45) is 1.57. The van der Waals surface area contributed by atoms with Gasteiger partial charge in [-0.2, -0.15) is 0 Å². The van der Waals surface area contributed by atoms with Gasteiger partial charge in [-0.25, -0.2) is 14.2 Å². The first kappa shape index (κ1) is 26.4.